The van der Waals surface area contributed by atoms with Gasteiger partial charge in [-0.05, 0) is 50.8 Å². The SMILES string of the molecule is CC(C)N1CCCC(Nc2ccc(C3CCOC3)cc2)C1=O. The van der Waals surface area contributed by atoms with Crippen LogP contribution >= 0.6 is 0 Å². The maximum atomic E-state index is 12.5. The van der Waals surface area contributed by atoms with Crippen molar-refractivity contribution in [3.05, 3.63) is 29.8 Å². The summed E-state index contributed by atoms with van der Waals surface area (Å²) in [6.45, 7) is 6.75. The van der Waals surface area contributed by atoms with Crippen LogP contribution in [0.5, 0.6) is 0 Å². The summed E-state index contributed by atoms with van der Waals surface area (Å²) in [6, 6.07) is 8.70. The molecule has 1 N–H and O–H groups in total. The highest BCUT2D eigenvalue weighted by atomic mass is 16.5. The van der Waals surface area contributed by atoms with Crippen LogP contribution in [0.1, 0.15) is 44.6 Å². The van der Waals surface area contributed by atoms with Crippen molar-refractivity contribution in [3.8, 4) is 0 Å². The van der Waals surface area contributed by atoms with Gasteiger partial charge < -0.3 is 15.0 Å². The number of ether oxygens (including phenoxy) is 1. The molecule has 0 aromatic heterocycles. The molecule has 2 aliphatic heterocycles. The monoisotopic (exact) mass is 302 g/mol. The number of anilines is 1. The molecule has 2 aliphatic rings. The number of benzene rings is 1. The first kappa shape index (κ1) is 15.3. The van der Waals surface area contributed by atoms with E-state index in [9.17, 15) is 4.79 Å². The normalized spacial score (nSPS) is 25.8. The molecule has 3 rings (SSSR count). The second kappa shape index (κ2) is 6.69. The largest absolute Gasteiger partial charge is 0.381 e. The molecule has 1 aromatic rings. The Morgan fingerprint density at radius 2 is 2.00 bits per heavy atom. The summed E-state index contributed by atoms with van der Waals surface area (Å²) in [6.07, 6.45) is 3.09. The lowest BCUT2D eigenvalue weighted by Crippen LogP contribution is -2.50. The molecule has 22 heavy (non-hydrogen) atoms. The van der Waals surface area contributed by atoms with Crippen molar-refractivity contribution >= 4 is 11.6 Å². The van der Waals surface area contributed by atoms with Crippen molar-refractivity contribution in [1.29, 1.82) is 0 Å². The van der Waals surface area contributed by atoms with Crippen molar-refractivity contribution < 1.29 is 9.53 Å². The van der Waals surface area contributed by atoms with Crippen molar-refractivity contribution in [2.75, 3.05) is 25.1 Å². The lowest BCUT2D eigenvalue weighted by Gasteiger charge is -2.35. The Morgan fingerprint density at radius 1 is 1.23 bits per heavy atom. The summed E-state index contributed by atoms with van der Waals surface area (Å²) < 4.78 is 5.45. The average molecular weight is 302 g/mol. The number of hydrogen-bond acceptors (Lipinski definition) is 3. The van der Waals surface area contributed by atoms with Crippen LogP contribution in [0.3, 0.4) is 0 Å². The smallest absolute Gasteiger partial charge is 0.245 e. The first-order valence-corrected chi connectivity index (χ1v) is 8.40. The summed E-state index contributed by atoms with van der Waals surface area (Å²) >= 11 is 0. The van der Waals surface area contributed by atoms with E-state index in [1.165, 1.54) is 5.56 Å². The van der Waals surface area contributed by atoms with Crippen LogP contribution in [0, 0.1) is 0 Å². The molecule has 2 fully saturated rings. The van der Waals surface area contributed by atoms with Crippen LogP contribution in [-0.4, -0.2) is 42.6 Å². The van der Waals surface area contributed by atoms with E-state index in [4.69, 9.17) is 4.74 Å². The van der Waals surface area contributed by atoms with Gasteiger partial charge in [0.2, 0.25) is 5.91 Å². The molecular formula is C18H26N2O2. The lowest BCUT2D eigenvalue weighted by atomic mass is 9.98. The number of piperidine rings is 1. The second-order valence-corrected chi connectivity index (χ2v) is 6.65. The molecular weight excluding hydrogens is 276 g/mol. The molecule has 1 aromatic carbocycles. The van der Waals surface area contributed by atoms with Crippen molar-refractivity contribution in [2.45, 2.75) is 51.1 Å². The fraction of sp³-hybridized carbons (Fsp3) is 0.611. The molecule has 2 saturated heterocycles. The van der Waals surface area contributed by atoms with Gasteiger partial charge in [0, 0.05) is 30.8 Å². The molecule has 120 valence electrons. The fourth-order valence-electron chi connectivity index (χ4n) is 3.40. The van der Waals surface area contributed by atoms with E-state index >= 15 is 0 Å². The van der Waals surface area contributed by atoms with Crippen LogP contribution < -0.4 is 5.32 Å². The highest BCUT2D eigenvalue weighted by molar-refractivity contribution is 5.85. The van der Waals surface area contributed by atoms with Gasteiger partial charge in [-0.3, -0.25) is 4.79 Å². The number of amides is 1. The van der Waals surface area contributed by atoms with Gasteiger partial charge in [-0.15, -0.1) is 0 Å². The summed E-state index contributed by atoms with van der Waals surface area (Å²) in [5.74, 6) is 0.760. The summed E-state index contributed by atoms with van der Waals surface area (Å²) in [5, 5.41) is 3.41. The average Bonchev–Trinajstić information content (AvgIpc) is 3.04. The maximum Gasteiger partial charge on any atom is 0.245 e. The number of nitrogens with zero attached hydrogens (tertiary/aromatic N) is 1. The minimum absolute atomic E-state index is 0.0863. The second-order valence-electron chi connectivity index (χ2n) is 6.65. The molecule has 0 saturated carbocycles. The first-order valence-electron chi connectivity index (χ1n) is 8.40. The molecule has 2 unspecified atom stereocenters. The van der Waals surface area contributed by atoms with E-state index < -0.39 is 0 Å². The van der Waals surface area contributed by atoms with Gasteiger partial charge in [-0.25, -0.2) is 0 Å². The Hall–Kier alpha value is -1.55. The van der Waals surface area contributed by atoms with Crippen molar-refractivity contribution in [1.82, 2.24) is 4.90 Å². The number of carbonyl (C=O) groups excluding carboxylic acids is 1. The molecule has 1 amide bonds. The highest BCUT2D eigenvalue weighted by Gasteiger charge is 2.30. The van der Waals surface area contributed by atoms with Crippen molar-refractivity contribution in [3.63, 3.8) is 0 Å². The van der Waals surface area contributed by atoms with Gasteiger partial charge in [0.15, 0.2) is 0 Å². The topological polar surface area (TPSA) is 41.6 Å². The molecule has 0 bridgehead atoms. The predicted octanol–water partition coefficient (Wildman–Crippen LogP) is 3.00. The third-order valence-corrected chi connectivity index (χ3v) is 4.75. The van der Waals surface area contributed by atoms with E-state index in [-0.39, 0.29) is 18.0 Å². The molecule has 2 atom stereocenters. The molecule has 4 nitrogen and oxygen atoms in total. The summed E-state index contributed by atoms with van der Waals surface area (Å²) in [5.41, 5.74) is 2.37. The molecule has 2 heterocycles. The van der Waals surface area contributed by atoms with E-state index in [0.29, 0.717) is 5.92 Å². The quantitative estimate of drug-likeness (QED) is 0.929. The number of nitrogens with one attached hydrogen (secondary N) is 1. The van der Waals surface area contributed by atoms with Gasteiger partial charge in [0.1, 0.15) is 6.04 Å². The fourth-order valence-corrected chi connectivity index (χ4v) is 3.40. The minimum atomic E-state index is -0.0863. The highest BCUT2D eigenvalue weighted by Crippen LogP contribution is 2.27. The van der Waals surface area contributed by atoms with E-state index in [2.05, 4.69) is 43.4 Å². The Morgan fingerprint density at radius 3 is 2.64 bits per heavy atom. The van der Waals surface area contributed by atoms with Crippen LogP contribution in [-0.2, 0) is 9.53 Å². The molecule has 0 spiro atoms. The number of likely N-dealkylation sites (tertiary alicyclic amines) is 1. The third kappa shape index (κ3) is 3.27. The van der Waals surface area contributed by atoms with E-state index in [0.717, 1.165) is 44.7 Å². The van der Waals surface area contributed by atoms with Crippen LogP contribution in [0.25, 0.3) is 0 Å². The Balaban J connectivity index is 1.63. The van der Waals surface area contributed by atoms with Crippen LogP contribution in [0.15, 0.2) is 24.3 Å². The van der Waals surface area contributed by atoms with E-state index in [1.54, 1.807) is 0 Å². The Labute approximate surface area is 132 Å². The molecule has 0 aliphatic carbocycles. The zero-order chi connectivity index (χ0) is 15.5. The van der Waals surface area contributed by atoms with Crippen LogP contribution in [0.4, 0.5) is 5.69 Å². The lowest BCUT2D eigenvalue weighted by molar-refractivity contribution is -0.136. The van der Waals surface area contributed by atoms with Gasteiger partial charge in [-0.2, -0.15) is 0 Å². The van der Waals surface area contributed by atoms with Gasteiger partial charge in [0.25, 0.3) is 0 Å². The Bertz CT molecular complexity index is 506. The van der Waals surface area contributed by atoms with Gasteiger partial charge >= 0.3 is 0 Å². The maximum absolute atomic E-state index is 12.5. The van der Waals surface area contributed by atoms with E-state index in [1.807, 2.05) is 4.90 Å². The zero-order valence-electron chi connectivity index (χ0n) is 13.5. The number of hydrogen-bond donors (Lipinski definition) is 1. The Kier molecular flexibility index (Phi) is 4.67. The van der Waals surface area contributed by atoms with Gasteiger partial charge in [-0.1, -0.05) is 12.1 Å². The molecule has 0 radical (unpaired) electrons. The van der Waals surface area contributed by atoms with Crippen molar-refractivity contribution in [2.24, 2.45) is 0 Å². The predicted molar refractivity (Wildman–Crippen MR) is 88.1 cm³/mol. The zero-order valence-corrected chi connectivity index (χ0v) is 13.5. The summed E-state index contributed by atoms with van der Waals surface area (Å²) in [4.78, 5) is 14.5. The summed E-state index contributed by atoms with van der Waals surface area (Å²) in [7, 11) is 0. The standard InChI is InChI=1S/C18H26N2O2/c1-13(2)20-10-3-4-17(18(20)21)19-16-7-5-14(6-8-16)15-9-11-22-12-15/h5-8,13,15,17,19H,3-4,9-12H2,1-2H3. The first-order chi connectivity index (χ1) is 10.6. The molecule has 4 heteroatoms. The minimum Gasteiger partial charge on any atom is -0.381 e. The number of carbonyl (C=O) groups is 1. The van der Waals surface area contributed by atoms with Gasteiger partial charge in [0.05, 0.1) is 6.61 Å². The number of rotatable bonds is 4. The van der Waals surface area contributed by atoms with Crippen LogP contribution in [0.2, 0.25) is 0 Å². The third-order valence-electron chi connectivity index (χ3n) is 4.75.